The number of benzene rings is 2. The van der Waals surface area contributed by atoms with Crippen molar-refractivity contribution < 1.29 is 38.7 Å². The van der Waals surface area contributed by atoms with E-state index < -0.39 is 40.5 Å². The van der Waals surface area contributed by atoms with Crippen LogP contribution in [0.15, 0.2) is 54.6 Å². The minimum Gasteiger partial charge on any atom is -0.394 e. The van der Waals surface area contributed by atoms with Crippen molar-refractivity contribution in [1.82, 2.24) is 16.0 Å². The molecular formula is C33H45N5O9. The minimum atomic E-state index is -1.01. The number of hydrogen-bond donors (Lipinski definition) is 5. The number of aliphatic hydroxyl groups is 1. The van der Waals surface area contributed by atoms with E-state index in [1.54, 1.807) is 0 Å². The molecule has 1 aliphatic carbocycles. The molecule has 2 aromatic carbocycles. The Morgan fingerprint density at radius 3 is 1.91 bits per heavy atom. The van der Waals surface area contributed by atoms with Crippen LogP contribution in [-0.2, 0) is 35.1 Å². The molecule has 4 atom stereocenters. The quantitative estimate of drug-likeness (QED) is 0.0853. The zero-order valence-electron chi connectivity index (χ0n) is 26.7. The third-order valence-corrected chi connectivity index (χ3v) is 7.76. The highest BCUT2D eigenvalue weighted by Crippen LogP contribution is 2.34. The number of nitrogens with one attached hydrogen (secondary N) is 4. The second kappa shape index (κ2) is 20.0. The van der Waals surface area contributed by atoms with Gasteiger partial charge in [-0.1, -0.05) is 37.3 Å². The Morgan fingerprint density at radius 1 is 0.830 bits per heavy atom. The SMILES string of the molecule is CCCOCCNC(=O)[C@H]1C[C@@H](C(=O)NCCOCCO)C[C@@H](C(=O)NC(Cc2ccccc2)C(=O)Nc2ccc([N+](=O)[O-])cc2)C1. The summed E-state index contributed by atoms with van der Waals surface area (Å²) in [5.74, 6) is -3.55. The van der Waals surface area contributed by atoms with E-state index in [9.17, 15) is 29.3 Å². The lowest BCUT2D eigenvalue weighted by Gasteiger charge is -2.33. The smallest absolute Gasteiger partial charge is 0.269 e. The highest BCUT2D eigenvalue weighted by molar-refractivity contribution is 5.98. The molecule has 0 bridgehead atoms. The number of amides is 4. The van der Waals surface area contributed by atoms with Gasteiger partial charge in [0.15, 0.2) is 0 Å². The number of ether oxygens (including phenoxy) is 2. The van der Waals surface area contributed by atoms with Crippen LogP contribution in [0.4, 0.5) is 11.4 Å². The summed E-state index contributed by atoms with van der Waals surface area (Å²) < 4.78 is 10.7. The summed E-state index contributed by atoms with van der Waals surface area (Å²) in [6, 6.07) is 13.5. The van der Waals surface area contributed by atoms with Crippen LogP contribution in [0.25, 0.3) is 0 Å². The van der Waals surface area contributed by atoms with Gasteiger partial charge >= 0.3 is 0 Å². The van der Waals surface area contributed by atoms with E-state index >= 15 is 0 Å². The molecule has 1 aliphatic rings. The van der Waals surface area contributed by atoms with Gasteiger partial charge < -0.3 is 35.8 Å². The van der Waals surface area contributed by atoms with E-state index in [-0.39, 0.29) is 69.6 Å². The van der Waals surface area contributed by atoms with Gasteiger partial charge in [0.1, 0.15) is 6.04 Å². The van der Waals surface area contributed by atoms with Crippen LogP contribution in [0, 0.1) is 27.9 Å². The molecular weight excluding hydrogens is 610 g/mol. The number of anilines is 1. The van der Waals surface area contributed by atoms with E-state index in [0.717, 1.165) is 12.0 Å². The maximum Gasteiger partial charge on any atom is 0.269 e. The average molecular weight is 656 g/mol. The summed E-state index contributed by atoms with van der Waals surface area (Å²) in [6.45, 7) is 3.63. The van der Waals surface area contributed by atoms with Gasteiger partial charge in [0.2, 0.25) is 23.6 Å². The fraction of sp³-hybridized carbons (Fsp3) is 0.515. The Labute approximate surface area is 274 Å². The predicted molar refractivity (Wildman–Crippen MR) is 173 cm³/mol. The fourth-order valence-corrected chi connectivity index (χ4v) is 5.40. The molecule has 1 saturated carbocycles. The number of carbonyl (C=O) groups excluding carboxylic acids is 4. The number of nitro groups is 1. The predicted octanol–water partition coefficient (Wildman–Crippen LogP) is 1.96. The van der Waals surface area contributed by atoms with Crippen LogP contribution in [0.1, 0.15) is 38.2 Å². The lowest BCUT2D eigenvalue weighted by molar-refractivity contribution is -0.384. The van der Waals surface area contributed by atoms with E-state index in [2.05, 4.69) is 21.3 Å². The van der Waals surface area contributed by atoms with Crippen molar-refractivity contribution in [2.75, 3.05) is 51.4 Å². The molecule has 14 nitrogen and oxygen atoms in total. The Balaban J connectivity index is 1.74. The first-order valence-corrected chi connectivity index (χ1v) is 15.9. The maximum absolute atomic E-state index is 13.8. The molecule has 1 unspecified atom stereocenters. The standard InChI is InChI=1S/C33H45N5O9/c1-2-15-46-16-12-34-30(40)24-20-25(31(41)35-13-17-47-18-14-39)22-26(21-24)32(42)37-29(19-23-6-4-3-5-7-23)33(43)36-27-8-10-28(11-9-27)38(44)45/h3-11,24-26,29,39H,2,12-22H2,1H3,(H,34,40)(H,35,41)(H,36,43)(H,37,42)/t24-,25+,26-,29?/m0/s1. The highest BCUT2D eigenvalue weighted by atomic mass is 16.6. The Bertz CT molecular complexity index is 1280. The van der Waals surface area contributed by atoms with E-state index in [1.807, 2.05) is 37.3 Å². The van der Waals surface area contributed by atoms with Gasteiger partial charge in [-0.2, -0.15) is 0 Å². The summed E-state index contributed by atoms with van der Waals surface area (Å²) >= 11 is 0. The number of aliphatic hydroxyl groups excluding tert-OH is 1. The fourth-order valence-electron chi connectivity index (χ4n) is 5.40. The molecule has 14 heteroatoms. The summed E-state index contributed by atoms with van der Waals surface area (Å²) in [5.41, 5.74) is 0.992. The molecule has 1 fully saturated rings. The van der Waals surface area contributed by atoms with Gasteiger partial charge in [-0.15, -0.1) is 0 Å². The van der Waals surface area contributed by atoms with Gasteiger partial charge in [0.05, 0.1) is 31.4 Å². The zero-order chi connectivity index (χ0) is 34.0. The highest BCUT2D eigenvalue weighted by Gasteiger charge is 2.40. The van der Waals surface area contributed by atoms with Gasteiger partial charge in [0, 0.05) is 61.7 Å². The number of carbonyl (C=O) groups is 4. The van der Waals surface area contributed by atoms with Crippen LogP contribution < -0.4 is 21.3 Å². The van der Waals surface area contributed by atoms with Crippen LogP contribution >= 0.6 is 0 Å². The van der Waals surface area contributed by atoms with Gasteiger partial charge in [-0.25, -0.2) is 0 Å². The second-order valence-electron chi connectivity index (χ2n) is 11.4. The molecule has 0 saturated heterocycles. The summed E-state index contributed by atoms with van der Waals surface area (Å²) in [7, 11) is 0. The number of nitro benzene ring substituents is 1. The van der Waals surface area contributed by atoms with Crippen molar-refractivity contribution in [3.63, 3.8) is 0 Å². The van der Waals surface area contributed by atoms with E-state index in [1.165, 1.54) is 24.3 Å². The summed E-state index contributed by atoms with van der Waals surface area (Å²) in [4.78, 5) is 64.0. The minimum absolute atomic E-state index is 0.127. The molecule has 256 valence electrons. The van der Waals surface area contributed by atoms with Crippen molar-refractivity contribution in [3.05, 3.63) is 70.3 Å². The number of hydrogen-bond acceptors (Lipinski definition) is 9. The van der Waals surface area contributed by atoms with Crippen LogP contribution in [0.5, 0.6) is 0 Å². The first kappa shape index (κ1) is 37.1. The topological polar surface area (TPSA) is 198 Å². The lowest BCUT2D eigenvalue weighted by Crippen LogP contribution is -2.50. The first-order chi connectivity index (χ1) is 22.7. The summed E-state index contributed by atoms with van der Waals surface area (Å²) in [6.07, 6.45) is 1.65. The maximum atomic E-state index is 13.8. The molecule has 2 aromatic rings. The van der Waals surface area contributed by atoms with E-state index in [4.69, 9.17) is 14.6 Å². The third kappa shape index (κ3) is 12.7. The van der Waals surface area contributed by atoms with E-state index in [0.29, 0.717) is 25.4 Å². The molecule has 5 N–H and O–H groups in total. The van der Waals surface area contributed by atoms with Gasteiger partial charge in [-0.05, 0) is 43.4 Å². The zero-order valence-corrected chi connectivity index (χ0v) is 26.7. The first-order valence-electron chi connectivity index (χ1n) is 15.9. The molecule has 0 aromatic heterocycles. The Hall–Kier alpha value is -4.40. The molecule has 0 radical (unpaired) electrons. The van der Waals surface area contributed by atoms with Crippen molar-refractivity contribution in [2.45, 2.75) is 45.1 Å². The summed E-state index contributed by atoms with van der Waals surface area (Å²) in [5, 5.41) is 31.1. The molecule has 0 spiro atoms. The third-order valence-electron chi connectivity index (χ3n) is 7.76. The van der Waals surface area contributed by atoms with Crippen LogP contribution in [0.3, 0.4) is 0 Å². The van der Waals surface area contributed by atoms with Crippen LogP contribution in [-0.4, -0.2) is 85.8 Å². The van der Waals surface area contributed by atoms with Crippen molar-refractivity contribution in [1.29, 1.82) is 0 Å². The normalized spacial score (nSPS) is 18.0. The Morgan fingerprint density at radius 2 is 1.38 bits per heavy atom. The van der Waals surface area contributed by atoms with Gasteiger partial charge in [0.25, 0.3) is 5.69 Å². The monoisotopic (exact) mass is 655 g/mol. The number of nitrogens with zero attached hydrogens (tertiary/aromatic N) is 1. The Kier molecular flexibility index (Phi) is 15.7. The van der Waals surface area contributed by atoms with Crippen molar-refractivity contribution >= 4 is 35.0 Å². The molecule has 0 aliphatic heterocycles. The molecule has 4 amide bonds. The largest absolute Gasteiger partial charge is 0.394 e. The number of rotatable bonds is 19. The van der Waals surface area contributed by atoms with Crippen molar-refractivity contribution in [2.24, 2.45) is 17.8 Å². The second-order valence-corrected chi connectivity index (χ2v) is 11.4. The molecule has 3 rings (SSSR count). The van der Waals surface area contributed by atoms with Crippen LogP contribution in [0.2, 0.25) is 0 Å². The average Bonchev–Trinajstić information content (AvgIpc) is 3.08. The lowest BCUT2D eigenvalue weighted by atomic mass is 9.74. The molecule has 0 heterocycles. The van der Waals surface area contributed by atoms with Gasteiger partial charge in [-0.3, -0.25) is 29.3 Å². The van der Waals surface area contributed by atoms with Crippen molar-refractivity contribution in [3.8, 4) is 0 Å². The molecule has 47 heavy (non-hydrogen) atoms. The number of non-ortho nitro benzene ring substituents is 1.